The van der Waals surface area contributed by atoms with E-state index in [0.29, 0.717) is 35.3 Å². The highest BCUT2D eigenvalue weighted by Gasteiger charge is 2.14. The standard InChI is InChI=1S/C21H27NO4/c1-14(2)10-15-6-8-17(9-7-15)21(23)22-13-16-11-18(24-3)20(26-5)19(12-16)25-4/h6-9,11-12,14H,10,13H2,1-5H3,(H,22,23). The van der Waals surface area contributed by atoms with E-state index in [-0.39, 0.29) is 5.91 Å². The lowest BCUT2D eigenvalue weighted by Gasteiger charge is -2.14. The minimum Gasteiger partial charge on any atom is -0.493 e. The summed E-state index contributed by atoms with van der Waals surface area (Å²) in [6.45, 7) is 4.72. The molecule has 0 aromatic heterocycles. The number of hydrogen-bond donors (Lipinski definition) is 1. The average molecular weight is 357 g/mol. The lowest BCUT2D eigenvalue weighted by molar-refractivity contribution is 0.0951. The van der Waals surface area contributed by atoms with Crippen molar-refractivity contribution >= 4 is 5.91 Å². The Morgan fingerprint density at radius 1 is 0.923 bits per heavy atom. The quantitative estimate of drug-likeness (QED) is 0.780. The molecule has 0 radical (unpaired) electrons. The molecule has 0 saturated carbocycles. The van der Waals surface area contributed by atoms with Crippen LogP contribution in [0.4, 0.5) is 0 Å². The van der Waals surface area contributed by atoms with Crippen LogP contribution in [0.15, 0.2) is 36.4 Å². The van der Waals surface area contributed by atoms with Crippen molar-refractivity contribution in [2.45, 2.75) is 26.8 Å². The average Bonchev–Trinajstić information content (AvgIpc) is 2.65. The molecule has 0 aliphatic rings. The molecule has 0 heterocycles. The van der Waals surface area contributed by atoms with E-state index in [1.807, 2.05) is 36.4 Å². The first-order valence-electron chi connectivity index (χ1n) is 8.64. The molecule has 1 N–H and O–H groups in total. The van der Waals surface area contributed by atoms with Gasteiger partial charge in [0.2, 0.25) is 5.75 Å². The van der Waals surface area contributed by atoms with Crippen molar-refractivity contribution in [2.75, 3.05) is 21.3 Å². The maximum Gasteiger partial charge on any atom is 0.251 e. The lowest BCUT2D eigenvalue weighted by Crippen LogP contribution is -2.22. The molecule has 2 rings (SSSR count). The molecule has 0 saturated heterocycles. The lowest BCUT2D eigenvalue weighted by atomic mass is 10.0. The van der Waals surface area contributed by atoms with Crippen LogP contribution in [0.2, 0.25) is 0 Å². The van der Waals surface area contributed by atoms with Crippen LogP contribution in [-0.2, 0) is 13.0 Å². The Morgan fingerprint density at radius 2 is 1.50 bits per heavy atom. The van der Waals surface area contributed by atoms with Crippen molar-refractivity contribution in [1.82, 2.24) is 5.32 Å². The van der Waals surface area contributed by atoms with Gasteiger partial charge in [-0.1, -0.05) is 26.0 Å². The van der Waals surface area contributed by atoms with Gasteiger partial charge < -0.3 is 19.5 Å². The first-order valence-corrected chi connectivity index (χ1v) is 8.64. The van der Waals surface area contributed by atoms with Crippen LogP contribution in [0.3, 0.4) is 0 Å². The molecule has 140 valence electrons. The van der Waals surface area contributed by atoms with E-state index in [2.05, 4.69) is 19.2 Å². The third-order valence-electron chi connectivity index (χ3n) is 4.04. The molecule has 0 spiro atoms. The van der Waals surface area contributed by atoms with E-state index in [1.54, 1.807) is 21.3 Å². The maximum atomic E-state index is 12.4. The van der Waals surface area contributed by atoms with Gasteiger partial charge in [0.1, 0.15) is 0 Å². The van der Waals surface area contributed by atoms with Crippen LogP contribution < -0.4 is 19.5 Å². The highest BCUT2D eigenvalue weighted by Crippen LogP contribution is 2.38. The van der Waals surface area contributed by atoms with Crippen LogP contribution in [0.1, 0.15) is 35.3 Å². The van der Waals surface area contributed by atoms with Gasteiger partial charge in [0.25, 0.3) is 5.91 Å². The second kappa shape index (κ2) is 9.13. The van der Waals surface area contributed by atoms with Gasteiger partial charge in [-0.05, 0) is 47.7 Å². The third-order valence-corrected chi connectivity index (χ3v) is 4.04. The van der Waals surface area contributed by atoms with E-state index in [4.69, 9.17) is 14.2 Å². The van der Waals surface area contributed by atoms with Crippen LogP contribution in [0, 0.1) is 5.92 Å². The summed E-state index contributed by atoms with van der Waals surface area (Å²) >= 11 is 0. The van der Waals surface area contributed by atoms with Gasteiger partial charge >= 0.3 is 0 Å². The van der Waals surface area contributed by atoms with Crippen molar-refractivity contribution in [1.29, 1.82) is 0 Å². The van der Waals surface area contributed by atoms with Crippen molar-refractivity contribution in [2.24, 2.45) is 5.92 Å². The monoisotopic (exact) mass is 357 g/mol. The molecule has 2 aromatic carbocycles. The Balaban J connectivity index is 2.07. The van der Waals surface area contributed by atoms with Crippen LogP contribution in [0.5, 0.6) is 17.2 Å². The summed E-state index contributed by atoms with van der Waals surface area (Å²) in [5.74, 6) is 2.14. The highest BCUT2D eigenvalue weighted by molar-refractivity contribution is 5.94. The maximum absolute atomic E-state index is 12.4. The Hall–Kier alpha value is -2.69. The molecule has 5 heteroatoms. The minimum absolute atomic E-state index is 0.116. The van der Waals surface area contributed by atoms with E-state index in [9.17, 15) is 4.79 Å². The van der Waals surface area contributed by atoms with Crippen molar-refractivity contribution < 1.29 is 19.0 Å². The summed E-state index contributed by atoms with van der Waals surface area (Å²) in [6.07, 6.45) is 1.01. The topological polar surface area (TPSA) is 56.8 Å². The number of methoxy groups -OCH3 is 3. The molecule has 0 aliphatic carbocycles. The zero-order valence-electron chi connectivity index (χ0n) is 16.1. The fraction of sp³-hybridized carbons (Fsp3) is 0.381. The number of carbonyl (C=O) groups is 1. The van der Waals surface area contributed by atoms with Gasteiger partial charge in [0, 0.05) is 12.1 Å². The van der Waals surface area contributed by atoms with E-state index < -0.39 is 0 Å². The largest absolute Gasteiger partial charge is 0.493 e. The molecule has 0 aliphatic heterocycles. The van der Waals surface area contributed by atoms with Crippen LogP contribution in [-0.4, -0.2) is 27.2 Å². The van der Waals surface area contributed by atoms with Crippen LogP contribution in [0.25, 0.3) is 0 Å². The molecule has 0 fully saturated rings. The van der Waals surface area contributed by atoms with Gasteiger partial charge in [0.05, 0.1) is 21.3 Å². The normalized spacial score (nSPS) is 10.5. The predicted octanol–water partition coefficient (Wildman–Crippen LogP) is 3.84. The number of ether oxygens (including phenoxy) is 3. The fourth-order valence-corrected chi connectivity index (χ4v) is 2.79. The summed E-state index contributed by atoms with van der Waals surface area (Å²) < 4.78 is 16.0. The molecule has 1 amide bonds. The van der Waals surface area contributed by atoms with E-state index >= 15 is 0 Å². The van der Waals surface area contributed by atoms with Crippen LogP contribution >= 0.6 is 0 Å². The third kappa shape index (κ3) is 4.91. The number of amides is 1. The summed E-state index contributed by atoms with van der Waals surface area (Å²) in [5, 5.41) is 2.92. The molecule has 5 nitrogen and oxygen atoms in total. The summed E-state index contributed by atoms with van der Waals surface area (Å²) in [5.41, 5.74) is 2.75. The zero-order chi connectivity index (χ0) is 19.1. The molecule has 0 unspecified atom stereocenters. The second-order valence-corrected chi connectivity index (χ2v) is 6.51. The minimum atomic E-state index is -0.116. The van der Waals surface area contributed by atoms with E-state index in [0.717, 1.165) is 12.0 Å². The van der Waals surface area contributed by atoms with E-state index in [1.165, 1.54) is 5.56 Å². The molecular weight excluding hydrogens is 330 g/mol. The van der Waals surface area contributed by atoms with Crippen molar-refractivity contribution in [3.8, 4) is 17.2 Å². The number of benzene rings is 2. The van der Waals surface area contributed by atoms with Crippen molar-refractivity contribution in [3.63, 3.8) is 0 Å². The second-order valence-electron chi connectivity index (χ2n) is 6.51. The SMILES string of the molecule is COc1cc(CNC(=O)c2ccc(CC(C)C)cc2)cc(OC)c1OC. The summed E-state index contributed by atoms with van der Waals surface area (Å²) in [6, 6.07) is 11.4. The van der Waals surface area contributed by atoms with Gasteiger partial charge in [0.15, 0.2) is 11.5 Å². The highest BCUT2D eigenvalue weighted by atomic mass is 16.5. The van der Waals surface area contributed by atoms with Gasteiger partial charge in [-0.25, -0.2) is 0 Å². The van der Waals surface area contributed by atoms with Gasteiger partial charge in [-0.15, -0.1) is 0 Å². The number of hydrogen-bond acceptors (Lipinski definition) is 4. The molecule has 26 heavy (non-hydrogen) atoms. The molecule has 2 aromatic rings. The van der Waals surface area contributed by atoms with Gasteiger partial charge in [-0.2, -0.15) is 0 Å². The Kier molecular flexibility index (Phi) is 6.89. The predicted molar refractivity (Wildman–Crippen MR) is 102 cm³/mol. The summed E-state index contributed by atoms with van der Waals surface area (Å²) in [4.78, 5) is 12.4. The Morgan fingerprint density at radius 3 is 1.96 bits per heavy atom. The Bertz CT molecular complexity index is 713. The first kappa shape index (κ1) is 19.6. The molecule has 0 bridgehead atoms. The number of rotatable bonds is 8. The smallest absolute Gasteiger partial charge is 0.251 e. The first-order chi connectivity index (χ1) is 12.5. The Labute approximate surface area is 155 Å². The summed E-state index contributed by atoms with van der Waals surface area (Å²) in [7, 11) is 4.70. The molecule has 0 atom stereocenters. The fourth-order valence-electron chi connectivity index (χ4n) is 2.79. The number of carbonyl (C=O) groups excluding carboxylic acids is 1. The zero-order valence-corrected chi connectivity index (χ0v) is 16.1. The van der Waals surface area contributed by atoms with Gasteiger partial charge in [-0.3, -0.25) is 4.79 Å². The van der Waals surface area contributed by atoms with Crippen molar-refractivity contribution in [3.05, 3.63) is 53.1 Å². The number of nitrogens with one attached hydrogen (secondary N) is 1. The molecular formula is C21H27NO4.